The van der Waals surface area contributed by atoms with E-state index in [1.54, 1.807) is 11.8 Å². The summed E-state index contributed by atoms with van der Waals surface area (Å²) in [6.07, 6.45) is 3.00. The maximum Gasteiger partial charge on any atom is 0.216 e. The lowest BCUT2D eigenvalue weighted by atomic mass is 10.2. The predicted molar refractivity (Wildman–Crippen MR) is 90.2 cm³/mol. The Labute approximate surface area is 135 Å². The number of para-hydroxylation sites is 1. The van der Waals surface area contributed by atoms with E-state index in [9.17, 15) is 0 Å². The number of H-pyrrole nitrogens is 1. The van der Waals surface area contributed by atoms with Gasteiger partial charge in [-0.25, -0.2) is 4.68 Å². The topological polar surface area (TPSA) is 49.7 Å². The lowest BCUT2D eigenvalue weighted by Gasteiger charge is -2.25. The number of aromatic amines is 1. The Morgan fingerprint density at radius 2 is 2.18 bits per heavy atom. The molecule has 0 saturated carbocycles. The van der Waals surface area contributed by atoms with Crippen LogP contribution in [0.5, 0.6) is 0 Å². The minimum absolute atomic E-state index is 0.223. The molecule has 5 rings (SSSR count). The molecule has 0 saturated heterocycles. The summed E-state index contributed by atoms with van der Waals surface area (Å²) in [6.45, 7) is 2.12. The van der Waals surface area contributed by atoms with Gasteiger partial charge in [-0.3, -0.25) is 5.01 Å². The summed E-state index contributed by atoms with van der Waals surface area (Å²) in [6, 6.07) is 8.45. The van der Waals surface area contributed by atoms with E-state index in [4.69, 9.17) is 0 Å². The van der Waals surface area contributed by atoms with E-state index in [0.29, 0.717) is 0 Å². The number of hydrogen-bond donors (Lipinski definition) is 1. The molecule has 1 atom stereocenters. The number of rotatable bonds is 2. The van der Waals surface area contributed by atoms with Crippen molar-refractivity contribution in [1.29, 1.82) is 0 Å². The van der Waals surface area contributed by atoms with Crippen LogP contribution in [0.3, 0.4) is 0 Å². The summed E-state index contributed by atoms with van der Waals surface area (Å²) in [4.78, 5) is 3.38. The molecule has 110 valence electrons. The van der Waals surface area contributed by atoms with E-state index in [1.807, 2.05) is 11.8 Å². The van der Waals surface area contributed by atoms with Gasteiger partial charge in [0.1, 0.15) is 10.4 Å². The van der Waals surface area contributed by atoms with Crippen molar-refractivity contribution in [2.24, 2.45) is 0 Å². The monoisotopic (exact) mass is 327 g/mol. The average Bonchev–Trinajstić information content (AvgIpc) is 3.26. The Bertz CT molecular complexity index is 910. The minimum atomic E-state index is 0.223. The second kappa shape index (κ2) is 4.57. The number of nitrogens with zero attached hydrogens (tertiary/aromatic N) is 4. The highest BCUT2D eigenvalue weighted by Crippen LogP contribution is 2.52. The van der Waals surface area contributed by atoms with Crippen LogP contribution in [-0.4, -0.2) is 19.9 Å². The van der Waals surface area contributed by atoms with Gasteiger partial charge in [0.25, 0.3) is 0 Å². The third-order valence-corrected chi connectivity index (χ3v) is 6.21. The first-order valence-electron chi connectivity index (χ1n) is 7.20. The fraction of sp³-hybridized carbons (Fsp3) is 0.200. The molecule has 7 heteroatoms. The number of benzene rings is 1. The molecular weight excluding hydrogens is 314 g/mol. The third kappa shape index (κ3) is 1.58. The van der Waals surface area contributed by atoms with Crippen molar-refractivity contribution in [2.75, 3.05) is 5.01 Å². The molecule has 0 fully saturated rings. The fourth-order valence-corrected chi connectivity index (χ4v) is 5.29. The van der Waals surface area contributed by atoms with Crippen molar-refractivity contribution in [2.45, 2.75) is 23.9 Å². The highest BCUT2D eigenvalue weighted by molar-refractivity contribution is 8.07. The maximum atomic E-state index is 4.30. The van der Waals surface area contributed by atoms with Gasteiger partial charge < -0.3 is 4.98 Å². The summed E-state index contributed by atoms with van der Waals surface area (Å²) < 4.78 is 2.17. The molecule has 2 aliphatic rings. The number of aryl methyl sites for hydroxylation is 1. The Hall–Kier alpha value is -1.86. The van der Waals surface area contributed by atoms with Crippen LogP contribution in [0.15, 0.2) is 46.1 Å². The SMILES string of the molecule is CCc1nnc2n1N1C(=CSC1c1c[nH]c3ccccc13)S2. The number of fused-ring (bicyclic) bond motifs is 4. The molecule has 0 bridgehead atoms. The number of thioether (sulfide) groups is 2. The van der Waals surface area contributed by atoms with Crippen LogP contribution in [0.4, 0.5) is 0 Å². The van der Waals surface area contributed by atoms with Crippen molar-refractivity contribution in [3.8, 4) is 0 Å². The lowest BCUT2D eigenvalue weighted by molar-refractivity contribution is 0.608. The van der Waals surface area contributed by atoms with Gasteiger partial charge in [0.05, 0.1) is 0 Å². The zero-order chi connectivity index (χ0) is 14.7. The number of nitrogens with one attached hydrogen (secondary N) is 1. The van der Waals surface area contributed by atoms with Gasteiger partial charge in [0.15, 0.2) is 5.82 Å². The molecule has 22 heavy (non-hydrogen) atoms. The zero-order valence-corrected chi connectivity index (χ0v) is 13.5. The molecule has 1 aromatic carbocycles. The summed E-state index contributed by atoms with van der Waals surface area (Å²) in [5.74, 6) is 1.01. The van der Waals surface area contributed by atoms with Gasteiger partial charge >= 0.3 is 0 Å². The normalized spacial score (nSPS) is 19.6. The Morgan fingerprint density at radius 1 is 1.27 bits per heavy atom. The molecule has 2 aromatic heterocycles. The third-order valence-electron chi connectivity index (χ3n) is 4.04. The molecular formula is C15H13N5S2. The second-order valence-electron chi connectivity index (χ2n) is 5.24. The van der Waals surface area contributed by atoms with E-state index in [1.165, 1.54) is 21.5 Å². The van der Waals surface area contributed by atoms with Crippen LogP contribution in [-0.2, 0) is 6.42 Å². The van der Waals surface area contributed by atoms with Gasteiger partial charge in [-0.05, 0) is 17.8 Å². The maximum absolute atomic E-state index is 4.30. The van der Waals surface area contributed by atoms with Crippen molar-refractivity contribution < 1.29 is 0 Å². The van der Waals surface area contributed by atoms with Crippen LogP contribution in [0, 0.1) is 0 Å². The molecule has 1 unspecified atom stereocenters. The smallest absolute Gasteiger partial charge is 0.216 e. The van der Waals surface area contributed by atoms with Crippen LogP contribution >= 0.6 is 23.5 Å². The molecule has 5 nitrogen and oxygen atoms in total. The fourth-order valence-electron chi connectivity index (χ4n) is 3.02. The van der Waals surface area contributed by atoms with E-state index in [0.717, 1.165) is 17.4 Å². The van der Waals surface area contributed by atoms with Crippen molar-refractivity contribution in [3.05, 3.63) is 52.3 Å². The molecule has 0 spiro atoms. The van der Waals surface area contributed by atoms with Crippen molar-refractivity contribution in [1.82, 2.24) is 19.9 Å². The highest BCUT2D eigenvalue weighted by Gasteiger charge is 2.40. The first-order valence-corrected chi connectivity index (χ1v) is 8.96. The highest BCUT2D eigenvalue weighted by atomic mass is 32.2. The summed E-state index contributed by atoms with van der Waals surface area (Å²) in [5.41, 5.74) is 2.48. The van der Waals surface area contributed by atoms with Gasteiger partial charge in [-0.15, -0.1) is 10.2 Å². The number of hydrogen-bond acceptors (Lipinski definition) is 5. The number of aromatic nitrogens is 4. The Kier molecular flexibility index (Phi) is 2.63. The molecule has 0 amide bonds. The molecule has 1 N–H and O–H groups in total. The van der Waals surface area contributed by atoms with Gasteiger partial charge in [-0.2, -0.15) is 0 Å². The van der Waals surface area contributed by atoms with Crippen LogP contribution in [0.25, 0.3) is 10.9 Å². The standard InChI is InChI=1S/C15H13N5S2/c1-2-12-17-18-15-19(12)20-13(22-15)8-21-14(20)10-7-16-11-6-4-3-5-9(10)11/h3-8,14,16H,2H2,1H3. The van der Waals surface area contributed by atoms with Crippen molar-refractivity contribution >= 4 is 34.4 Å². The largest absolute Gasteiger partial charge is 0.361 e. The van der Waals surface area contributed by atoms with Gasteiger partial charge in [-0.1, -0.05) is 36.9 Å². The molecule has 0 radical (unpaired) electrons. The minimum Gasteiger partial charge on any atom is -0.361 e. The molecule has 3 aromatic rings. The quantitative estimate of drug-likeness (QED) is 0.779. The summed E-state index contributed by atoms with van der Waals surface area (Å²) in [7, 11) is 0. The average molecular weight is 327 g/mol. The van der Waals surface area contributed by atoms with Crippen LogP contribution in [0.2, 0.25) is 0 Å². The van der Waals surface area contributed by atoms with E-state index >= 15 is 0 Å². The van der Waals surface area contributed by atoms with Crippen LogP contribution in [0.1, 0.15) is 23.7 Å². The first kappa shape index (κ1) is 12.7. The zero-order valence-electron chi connectivity index (χ0n) is 11.9. The van der Waals surface area contributed by atoms with Crippen LogP contribution < -0.4 is 5.01 Å². The summed E-state index contributed by atoms with van der Waals surface area (Å²) in [5, 5.41) is 16.9. The van der Waals surface area contributed by atoms with E-state index < -0.39 is 0 Å². The molecule has 2 aliphatic heterocycles. The lowest BCUT2D eigenvalue weighted by Crippen LogP contribution is -2.30. The summed E-state index contributed by atoms with van der Waals surface area (Å²) >= 11 is 3.53. The predicted octanol–water partition coefficient (Wildman–Crippen LogP) is 3.61. The second-order valence-corrected chi connectivity index (χ2v) is 7.19. The van der Waals surface area contributed by atoms with Gasteiger partial charge in [0, 0.05) is 34.5 Å². The van der Waals surface area contributed by atoms with E-state index in [2.05, 4.69) is 67.7 Å². The Balaban J connectivity index is 1.65. The first-order chi connectivity index (χ1) is 10.9. The van der Waals surface area contributed by atoms with E-state index in [-0.39, 0.29) is 5.37 Å². The van der Waals surface area contributed by atoms with Crippen molar-refractivity contribution in [3.63, 3.8) is 0 Å². The Morgan fingerprint density at radius 3 is 3.09 bits per heavy atom. The molecule has 0 aliphatic carbocycles. The molecule has 4 heterocycles. The van der Waals surface area contributed by atoms with Gasteiger partial charge in [0.2, 0.25) is 5.16 Å².